The van der Waals surface area contributed by atoms with Crippen LogP contribution >= 0.6 is 23.5 Å². The van der Waals surface area contributed by atoms with Crippen LogP contribution in [0.15, 0.2) is 60.7 Å². The average Bonchev–Trinajstić information content (AvgIpc) is 3.68. The predicted molar refractivity (Wildman–Crippen MR) is 287 cm³/mol. The highest BCUT2D eigenvalue weighted by atomic mass is 32.2. The van der Waals surface area contributed by atoms with Crippen LogP contribution in [0.4, 0.5) is 0 Å². The summed E-state index contributed by atoms with van der Waals surface area (Å²) in [7, 11) is 1.72. The molecule has 0 bridgehead atoms. The minimum Gasteiger partial charge on any atom is -0.381 e. The Bertz CT molecular complexity index is 1970. The van der Waals surface area contributed by atoms with Crippen molar-refractivity contribution in [2.24, 2.45) is 16.7 Å². The zero-order chi connectivity index (χ0) is 52.0. The molecule has 0 radical (unpaired) electrons. The Labute approximate surface area is 438 Å². The van der Waals surface area contributed by atoms with E-state index in [4.69, 9.17) is 9.47 Å². The highest BCUT2D eigenvalue weighted by molar-refractivity contribution is 8.00. The summed E-state index contributed by atoms with van der Waals surface area (Å²) in [6.45, 7) is 15.7. The second kappa shape index (κ2) is 27.0. The molecule has 4 aliphatic heterocycles. The molecule has 4 N–H and O–H groups in total. The van der Waals surface area contributed by atoms with Gasteiger partial charge in [0.2, 0.25) is 29.5 Å². The van der Waals surface area contributed by atoms with Gasteiger partial charge in [0.15, 0.2) is 5.78 Å². The van der Waals surface area contributed by atoms with Crippen molar-refractivity contribution in [3.63, 3.8) is 0 Å². The van der Waals surface area contributed by atoms with Crippen LogP contribution in [0.25, 0.3) is 0 Å². The maximum absolute atomic E-state index is 14.5. The molecular weight excluding hydrogens is 949 g/mol. The first kappa shape index (κ1) is 57.3. The summed E-state index contributed by atoms with van der Waals surface area (Å²) in [6, 6.07) is 16.5. The Morgan fingerprint density at radius 1 is 0.681 bits per heavy atom. The fourth-order valence-electron chi connectivity index (χ4n) is 10.8. The number of nitrogens with one attached hydrogen (secondary N) is 4. The number of ether oxygens (including phenoxy) is 2. The lowest BCUT2D eigenvalue weighted by molar-refractivity contribution is -0.144. The molecule has 6 rings (SSSR count). The van der Waals surface area contributed by atoms with E-state index in [2.05, 4.69) is 49.0 Å². The van der Waals surface area contributed by atoms with Crippen molar-refractivity contribution in [1.82, 2.24) is 31.1 Å². The Balaban J connectivity index is 0.936. The lowest BCUT2D eigenvalue weighted by Gasteiger charge is -2.35. The monoisotopic (exact) mass is 1030 g/mol. The molecule has 0 aromatic heterocycles. The smallest absolute Gasteiger partial charge is 0.246 e. The van der Waals surface area contributed by atoms with Crippen LogP contribution in [0.1, 0.15) is 149 Å². The van der Waals surface area contributed by atoms with Crippen LogP contribution in [-0.2, 0) is 38.2 Å². The Hall–Kier alpha value is -3.96. The van der Waals surface area contributed by atoms with Crippen molar-refractivity contribution in [3.05, 3.63) is 71.8 Å². The molecule has 2 aromatic rings. The Morgan fingerprint density at radius 2 is 1.17 bits per heavy atom. The van der Waals surface area contributed by atoms with E-state index in [1.54, 1.807) is 47.3 Å². The lowest BCUT2D eigenvalue weighted by Crippen LogP contribution is -2.57. The molecule has 0 aliphatic carbocycles. The van der Waals surface area contributed by atoms with E-state index in [-0.39, 0.29) is 64.3 Å². The Morgan fingerprint density at radius 3 is 1.71 bits per heavy atom. The summed E-state index contributed by atoms with van der Waals surface area (Å²) in [4.78, 5) is 86.4. The molecule has 14 nitrogen and oxygen atoms in total. The van der Waals surface area contributed by atoms with Gasteiger partial charge in [-0.05, 0) is 92.4 Å². The van der Waals surface area contributed by atoms with Gasteiger partial charge in [0, 0.05) is 31.5 Å². The number of nitrogens with zero attached hydrogens (tertiary/aromatic N) is 2. The van der Waals surface area contributed by atoms with Gasteiger partial charge in [0.25, 0.3) is 0 Å². The molecule has 4 fully saturated rings. The predicted octanol–water partition coefficient (Wildman–Crippen LogP) is 7.76. The third-order valence-corrected chi connectivity index (χ3v) is 17.8. The molecule has 4 aliphatic rings. The normalized spacial score (nSPS) is 25.3. The second-order valence-electron chi connectivity index (χ2n) is 21.9. The Kier molecular flexibility index (Phi) is 21.5. The number of carbonyl (C=O) groups excluding carboxylic acids is 6. The van der Waals surface area contributed by atoms with E-state index >= 15 is 0 Å². The van der Waals surface area contributed by atoms with E-state index in [9.17, 15) is 28.8 Å². The van der Waals surface area contributed by atoms with E-state index < -0.39 is 47.1 Å². The minimum atomic E-state index is -0.686. The van der Waals surface area contributed by atoms with Crippen LogP contribution in [0.5, 0.6) is 0 Å². The number of likely N-dealkylation sites (N-methyl/N-ethyl adjacent to an activating group) is 1. The van der Waals surface area contributed by atoms with Crippen LogP contribution < -0.4 is 21.3 Å². The first-order chi connectivity index (χ1) is 34.5. The number of hydrogen-bond donors (Lipinski definition) is 4. The summed E-state index contributed by atoms with van der Waals surface area (Å²) in [5.41, 5.74) is 1.09. The van der Waals surface area contributed by atoms with Gasteiger partial charge in [0.05, 0.1) is 42.1 Å². The molecule has 1 unspecified atom stereocenters. The van der Waals surface area contributed by atoms with Crippen LogP contribution in [0, 0.1) is 16.7 Å². The van der Waals surface area contributed by atoms with Crippen LogP contribution in [0.3, 0.4) is 0 Å². The lowest BCUT2D eigenvalue weighted by atomic mass is 9.79. The van der Waals surface area contributed by atoms with Crippen molar-refractivity contribution in [2.75, 3.05) is 45.0 Å². The fourth-order valence-corrected chi connectivity index (χ4v) is 13.9. The number of ketones is 1. The number of Topliss-reactive ketones (excluding diaryl/α,β-unsaturated/α-hetero) is 1. The molecule has 4 heterocycles. The molecule has 398 valence electrons. The van der Waals surface area contributed by atoms with Crippen molar-refractivity contribution in [1.29, 1.82) is 0 Å². The number of carbonyl (C=O) groups is 6. The summed E-state index contributed by atoms with van der Waals surface area (Å²) >= 11 is 3.40. The van der Waals surface area contributed by atoms with Gasteiger partial charge in [-0.3, -0.25) is 28.8 Å². The van der Waals surface area contributed by atoms with Crippen molar-refractivity contribution < 1.29 is 38.2 Å². The van der Waals surface area contributed by atoms with Gasteiger partial charge in [-0.2, -0.15) is 0 Å². The SMILES string of the molecule is CC[C@@H](C)C(=O)N[C@H]1CCS[C@H]2CC(C)(C)C(C(=O)N[C@H](COCCCCCCCCOC[C@@H](CC(=O)[C@H]3N4C(=O)[C@@H](NC(=O)[C@H](C)NC)CCS[C@H]4CC3(C)C)c3ccccc3)c3ccccc3)N2C1=O. The summed E-state index contributed by atoms with van der Waals surface area (Å²) in [6.07, 6.45) is 9.39. The summed E-state index contributed by atoms with van der Waals surface area (Å²) < 4.78 is 12.5. The standard InChI is InChI=1S/C56H84N6O8S2/c1-9-37(2)50(64)58-42-26-30-72-47-34-56(6,7)49(62(47)54(42)68)52(66)60-44(40-24-18-15-19-25-40)36-70-29-21-13-11-10-12-20-28-69-35-41(39-22-16-14-17-23-39)32-45(63)48-55(4,5)33-46-61(48)53(67)43(27-31-71-46)59-51(65)38(3)57-8/h14-19,22-25,37-38,41-44,46-49,57H,9-13,20-21,26-36H2,1-8H3,(H,58,64)(H,59,65)(H,60,66)/t37-,38+,41-,42+,43+,44-,46+,47+,48-,49?/m1/s1. The van der Waals surface area contributed by atoms with E-state index in [0.717, 1.165) is 61.2 Å². The van der Waals surface area contributed by atoms with Gasteiger partial charge in [0.1, 0.15) is 18.1 Å². The molecule has 0 saturated carbocycles. The highest BCUT2D eigenvalue weighted by Crippen LogP contribution is 2.48. The third kappa shape index (κ3) is 14.9. The zero-order valence-electron chi connectivity index (χ0n) is 44.3. The molecule has 72 heavy (non-hydrogen) atoms. The molecule has 4 saturated heterocycles. The molecule has 0 spiro atoms. The number of amides is 5. The van der Waals surface area contributed by atoms with Gasteiger partial charge in [-0.15, -0.1) is 23.5 Å². The van der Waals surface area contributed by atoms with Gasteiger partial charge in [-0.1, -0.05) is 128 Å². The number of thioether (sulfide) groups is 2. The number of hydrogen-bond acceptors (Lipinski definition) is 11. The number of rotatable bonds is 26. The topological polar surface area (TPSA) is 175 Å². The third-order valence-electron chi connectivity index (χ3n) is 15.3. The highest BCUT2D eigenvalue weighted by Gasteiger charge is 2.56. The maximum atomic E-state index is 14.5. The summed E-state index contributed by atoms with van der Waals surface area (Å²) in [5.74, 6) is 0.233. The van der Waals surface area contributed by atoms with E-state index in [0.29, 0.717) is 58.5 Å². The average molecular weight is 1030 g/mol. The van der Waals surface area contributed by atoms with E-state index in [1.165, 1.54) is 0 Å². The van der Waals surface area contributed by atoms with Crippen molar-refractivity contribution in [3.8, 4) is 0 Å². The number of fused-ring (bicyclic) bond motifs is 2. The first-order valence-electron chi connectivity index (χ1n) is 26.7. The van der Waals surface area contributed by atoms with E-state index in [1.807, 2.05) is 74.5 Å². The van der Waals surface area contributed by atoms with Gasteiger partial charge in [-0.25, -0.2) is 0 Å². The number of unbranched alkanes of at least 4 members (excludes halogenated alkanes) is 5. The van der Waals surface area contributed by atoms with Crippen LogP contribution in [0.2, 0.25) is 0 Å². The quantitative estimate of drug-likeness (QED) is 0.0678. The minimum absolute atomic E-state index is 0.0315. The zero-order valence-corrected chi connectivity index (χ0v) is 45.9. The van der Waals surface area contributed by atoms with Crippen LogP contribution in [-0.4, -0.2) is 131 Å². The van der Waals surface area contributed by atoms with Gasteiger partial charge < -0.3 is 40.5 Å². The summed E-state index contributed by atoms with van der Waals surface area (Å²) in [5, 5.41) is 11.9. The van der Waals surface area contributed by atoms with Crippen molar-refractivity contribution >= 4 is 58.8 Å². The molecule has 5 amide bonds. The fraction of sp³-hybridized carbons (Fsp3) is 0.679. The maximum Gasteiger partial charge on any atom is 0.246 e. The van der Waals surface area contributed by atoms with Gasteiger partial charge >= 0.3 is 0 Å². The van der Waals surface area contributed by atoms with Crippen molar-refractivity contribution in [2.45, 2.75) is 178 Å². The number of benzene rings is 2. The largest absolute Gasteiger partial charge is 0.381 e. The molecule has 2 aromatic carbocycles. The first-order valence-corrected chi connectivity index (χ1v) is 28.8. The molecule has 16 heteroatoms. The molecular formula is C56H84N6O8S2. The molecule has 10 atom stereocenters. The second-order valence-corrected chi connectivity index (χ2v) is 24.4.